The van der Waals surface area contributed by atoms with Crippen molar-refractivity contribution >= 4 is 32.3 Å². The lowest BCUT2D eigenvalue weighted by atomic mass is 9.93. The van der Waals surface area contributed by atoms with E-state index in [1.807, 2.05) is 0 Å². The summed E-state index contributed by atoms with van der Waals surface area (Å²) in [5, 5.41) is 6.63. The minimum atomic E-state index is 0.623. The molecule has 0 saturated carbocycles. The standard InChI is InChI=1S/C90H138N12O6/c1-91-49-55-97(73-91)43-31-19-7-13-25-37-61-103-85-67-79-80(68-86(85)104-62-38-26-14-8-20-32-44-98-56-50-92(2)74-98)82-70-88(106-64-40-28-16-10-22-34-46-100-58-52-94(4)76-100)90(108-66-42-30-18-12-24-36-48-102-60-54-96(6)78-102)72-84(82)83-71-89(107-65-41-29-17-11-23-35-47-101-59-53-95(5)77-101)87(69-81(79)83)105-63-39-27-15-9-21-33-45-99-57-51-93(3)75-99/h49-60,67-78H,7-48,61-66H2,1-6H3/q+6. The van der Waals surface area contributed by atoms with E-state index in [-0.39, 0.29) is 0 Å². The van der Waals surface area contributed by atoms with Crippen molar-refractivity contribution in [2.24, 2.45) is 42.3 Å². The van der Waals surface area contributed by atoms with Gasteiger partial charge in [-0.1, -0.05) is 116 Å². The van der Waals surface area contributed by atoms with Gasteiger partial charge in [-0.15, -0.1) is 0 Å². The van der Waals surface area contributed by atoms with Crippen LogP contribution < -0.4 is 55.8 Å². The molecule has 0 spiro atoms. The quantitative estimate of drug-likeness (QED) is 0.0213. The summed E-state index contributed by atoms with van der Waals surface area (Å²) in [6, 6.07) is 13.8. The molecule has 6 heterocycles. The van der Waals surface area contributed by atoms with E-state index in [2.05, 4.69) is 246 Å². The van der Waals surface area contributed by atoms with Gasteiger partial charge in [0.15, 0.2) is 34.5 Å². The monoisotopic (exact) mass is 1480 g/mol. The second-order valence-electron chi connectivity index (χ2n) is 31.3. The number of unbranched alkanes of at least 4 members (excludes halogenated alkanes) is 30. The topological polar surface area (TPSA) is 108 Å². The van der Waals surface area contributed by atoms with Crippen LogP contribution in [-0.2, 0) is 81.6 Å². The predicted octanol–water partition coefficient (Wildman–Crippen LogP) is 17.4. The van der Waals surface area contributed by atoms with Crippen LogP contribution >= 0.6 is 0 Å². The number of ether oxygens (including phenoxy) is 6. The molecule has 588 valence electrons. The molecule has 0 aliphatic carbocycles. The molecular formula is C90H138N12O6+6. The second kappa shape index (κ2) is 46.9. The fraction of sp³-hybridized carbons (Fsp3) is 0.600. The van der Waals surface area contributed by atoms with E-state index in [1.165, 1.54) is 154 Å². The zero-order valence-corrected chi connectivity index (χ0v) is 67.6. The number of aromatic nitrogens is 12. The van der Waals surface area contributed by atoms with E-state index < -0.39 is 0 Å². The normalized spacial score (nSPS) is 11.7. The SMILES string of the molecule is C[n+]1ccn(CCCCCCCCOc2cc3c4cc(OCCCCCCCCn5cc[n+](C)c5)c(OCCCCCCCCn5cc[n+](C)c5)cc4c4cc(OCCCCCCCCn5cc[n+](C)c5)c(OCCCCCCCCn5cc[n+](C)c5)cc4c3cc2OCCCCCCCCn2cc[n+](C)c2)c1. The van der Waals surface area contributed by atoms with Crippen LogP contribution in [0.5, 0.6) is 34.5 Å². The first-order chi connectivity index (χ1) is 53.1. The Morgan fingerprint density at radius 3 is 0.444 bits per heavy atom. The van der Waals surface area contributed by atoms with Crippen LogP contribution in [0.3, 0.4) is 0 Å². The number of fused-ring (bicyclic) bond motifs is 6. The molecule has 0 atom stereocenters. The molecule has 6 aromatic heterocycles. The van der Waals surface area contributed by atoms with Crippen LogP contribution in [0.1, 0.15) is 231 Å². The minimum Gasteiger partial charge on any atom is -0.490 e. The van der Waals surface area contributed by atoms with Crippen molar-refractivity contribution in [3.63, 3.8) is 0 Å². The molecule has 0 bridgehead atoms. The summed E-state index contributed by atoms with van der Waals surface area (Å²) >= 11 is 0. The van der Waals surface area contributed by atoms with Gasteiger partial charge < -0.3 is 28.4 Å². The van der Waals surface area contributed by atoms with Gasteiger partial charge in [0.2, 0.25) is 38.0 Å². The summed E-state index contributed by atoms with van der Waals surface area (Å²) in [5.74, 6) is 4.81. The number of imidazole rings is 6. The molecule has 0 radical (unpaired) electrons. The molecule has 10 aromatic rings. The summed E-state index contributed by atoms with van der Waals surface area (Å²) in [4.78, 5) is 0. The van der Waals surface area contributed by atoms with E-state index in [4.69, 9.17) is 28.4 Å². The van der Waals surface area contributed by atoms with E-state index in [0.29, 0.717) is 39.6 Å². The van der Waals surface area contributed by atoms with Gasteiger partial charge in [-0.25, -0.2) is 54.8 Å². The molecule has 0 aliphatic heterocycles. The highest BCUT2D eigenvalue weighted by Crippen LogP contribution is 2.47. The number of hydrogen-bond donors (Lipinski definition) is 0. The lowest BCUT2D eigenvalue weighted by molar-refractivity contribution is -0.671. The Hall–Kier alpha value is -8.28. The van der Waals surface area contributed by atoms with Gasteiger partial charge in [0, 0.05) is 0 Å². The Labute approximate surface area is 647 Å². The molecule has 10 rings (SSSR count). The Kier molecular flexibility index (Phi) is 35.7. The van der Waals surface area contributed by atoms with Gasteiger partial charge in [-0.2, -0.15) is 0 Å². The molecule has 18 heteroatoms. The number of benzene rings is 4. The third-order valence-corrected chi connectivity index (χ3v) is 21.5. The molecule has 4 aromatic carbocycles. The number of nitrogens with zero attached hydrogens (tertiary/aromatic N) is 12. The second-order valence-corrected chi connectivity index (χ2v) is 31.3. The molecule has 0 saturated heterocycles. The fourth-order valence-corrected chi connectivity index (χ4v) is 15.2. The zero-order chi connectivity index (χ0) is 75.0. The van der Waals surface area contributed by atoms with Crippen LogP contribution in [0.25, 0.3) is 32.3 Å². The first-order valence-electron chi connectivity index (χ1n) is 42.4. The maximum Gasteiger partial charge on any atom is 0.243 e. The Bertz CT molecular complexity index is 3430. The van der Waals surface area contributed by atoms with Crippen LogP contribution in [0.15, 0.2) is 149 Å². The number of rotatable bonds is 60. The molecule has 0 N–H and O–H groups in total. The molecule has 0 unspecified atom stereocenters. The lowest BCUT2D eigenvalue weighted by Crippen LogP contribution is -2.23. The highest BCUT2D eigenvalue weighted by Gasteiger charge is 2.22. The molecule has 108 heavy (non-hydrogen) atoms. The maximum atomic E-state index is 7.03. The summed E-state index contributed by atoms with van der Waals surface area (Å²) in [6.45, 7) is 10.1. The van der Waals surface area contributed by atoms with Gasteiger partial charge in [-0.3, -0.25) is 0 Å². The third kappa shape index (κ3) is 28.9. The van der Waals surface area contributed by atoms with Crippen LogP contribution in [0.2, 0.25) is 0 Å². The largest absolute Gasteiger partial charge is 0.490 e. The highest BCUT2D eigenvalue weighted by atomic mass is 16.5. The van der Waals surface area contributed by atoms with E-state index in [1.54, 1.807) is 0 Å². The van der Waals surface area contributed by atoms with Crippen LogP contribution in [0, 0.1) is 0 Å². The van der Waals surface area contributed by atoms with Crippen LogP contribution in [-0.4, -0.2) is 67.0 Å². The first-order valence-corrected chi connectivity index (χ1v) is 42.4. The third-order valence-electron chi connectivity index (χ3n) is 21.5. The van der Waals surface area contributed by atoms with E-state index in [9.17, 15) is 0 Å². The van der Waals surface area contributed by atoms with Crippen LogP contribution in [0.4, 0.5) is 0 Å². The number of aryl methyl sites for hydroxylation is 12. The summed E-state index contributed by atoms with van der Waals surface area (Å²) in [5.41, 5.74) is 0. The summed E-state index contributed by atoms with van der Waals surface area (Å²) < 4.78 is 68.6. The summed E-state index contributed by atoms with van der Waals surface area (Å²) in [7, 11) is 12.5. The molecule has 0 amide bonds. The van der Waals surface area contributed by atoms with Crippen molar-refractivity contribution in [3.05, 3.63) is 149 Å². The first kappa shape index (κ1) is 82.2. The van der Waals surface area contributed by atoms with Crippen molar-refractivity contribution in [2.45, 2.75) is 270 Å². The van der Waals surface area contributed by atoms with Gasteiger partial charge in [0.05, 0.1) is 121 Å². The predicted molar refractivity (Wildman–Crippen MR) is 432 cm³/mol. The Balaban J connectivity index is 0.916. The molecular weight excluding hydrogens is 1350 g/mol. The minimum absolute atomic E-state index is 0.623. The highest BCUT2D eigenvalue weighted by molar-refractivity contribution is 6.27. The Morgan fingerprint density at radius 1 is 0.185 bits per heavy atom. The average molecular weight is 1480 g/mol. The summed E-state index contributed by atoms with van der Waals surface area (Å²) in [6.07, 6.45) is 80.5. The fourth-order valence-electron chi connectivity index (χ4n) is 15.2. The lowest BCUT2D eigenvalue weighted by Gasteiger charge is -2.21. The van der Waals surface area contributed by atoms with Crippen molar-refractivity contribution in [3.8, 4) is 34.5 Å². The average Bonchev–Trinajstić information content (AvgIpc) is 0.945. The van der Waals surface area contributed by atoms with Gasteiger partial charge in [0.25, 0.3) is 0 Å². The smallest absolute Gasteiger partial charge is 0.243 e. The van der Waals surface area contributed by atoms with Crippen molar-refractivity contribution < 1.29 is 55.8 Å². The molecule has 0 fully saturated rings. The number of hydrogen-bond acceptors (Lipinski definition) is 6. The van der Waals surface area contributed by atoms with Crippen molar-refractivity contribution in [2.75, 3.05) is 39.6 Å². The maximum absolute atomic E-state index is 7.03. The van der Waals surface area contributed by atoms with Crippen molar-refractivity contribution in [1.82, 2.24) is 27.4 Å². The Morgan fingerprint density at radius 2 is 0.315 bits per heavy atom. The van der Waals surface area contributed by atoms with Gasteiger partial charge in [-0.05, 0) is 184 Å². The van der Waals surface area contributed by atoms with Crippen molar-refractivity contribution in [1.29, 1.82) is 0 Å². The van der Waals surface area contributed by atoms with Gasteiger partial charge in [0.1, 0.15) is 74.4 Å². The van der Waals surface area contributed by atoms with E-state index >= 15 is 0 Å². The van der Waals surface area contributed by atoms with Gasteiger partial charge >= 0.3 is 0 Å². The molecule has 0 aliphatic rings. The van der Waals surface area contributed by atoms with E-state index in [0.717, 1.165) is 183 Å². The zero-order valence-electron chi connectivity index (χ0n) is 67.6. The molecule has 18 nitrogen and oxygen atoms in total.